The minimum atomic E-state index is -0.968. The summed E-state index contributed by atoms with van der Waals surface area (Å²) < 4.78 is 16.4. The molecule has 37 heavy (non-hydrogen) atoms. The molecule has 1 unspecified atom stereocenters. The van der Waals surface area contributed by atoms with Crippen LogP contribution in [0.15, 0.2) is 66.2 Å². The third-order valence-electron chi connectivity index (χ3n) is 6.74. The average Bonchev–Trinajstić information content (AvgIpc) is 3.63. The van der Waals surface area contributed by atoms with Gasteiger partial charge < -0.3 is 24.3 Å². The van der Waals surface area contributed by atoms with E-state index in [1.54, 1.807) is 36.4 Å². The smallest absolute Gasteiger partial charge is 0.302 e. The molecule has 1 amide bonds. The molecule has 0 saturated carbocycles. The van der Waals surface area contributed by atoms with Gasteiger partial charge in [-0.1, -0.05) is 18.2 Å². The maximum Gasteiger partial charge on any atom is 0.302 e. The number of H-pyrrole nitrogens is 1. The lowest BCUT2D eigenvalue weighted by molar-refractivity contribution is -0.132. The summed E-state index contributed by atoms with van der Waals surface area (Å²) in [5, 5.41) is 11.5. The van der Waals surface area contributed by atoms with Crippen molar-refractivity contribution in [3.8, 4) is 17.2 Å². The van der Waals surface area contributed by atoms with Gasteiger partial charge in [0, 0.05) is 12.0 Å². The van der Waals surface area contributed by atoms with Gasteiger partial charge in [0.2, 0.25) is 5.95 Å². The molecular formula is C28H23N3O6. The number of hydrogen-bond donors (Lipinski definition) is 2. The maximum absolute atomic E-state index is 13.5. The van der Waals surface area contributed by atoms with Gasteiger partial charge in [-0.2, -0.15) is 0 Å². The number of nitrogens with zero attached hydrogens (tertiary/aromatic N) is 2. The van der Waals surface area contributed by atoms with Crippen molar-refractivity contribution in [2.45, 2.75) is 12.5 Å². The third kappa shape index (κ3) is 3.58. The summed E-state index contributed by atoms with van der Waals surface area (Å²) in [5.74, 6) is -0.0264. The first-order valence-electron chi connectivity index (χ1n) is 11.7. The Morgan fingerprint density at radius 3 is 2.65 bits per heavy atom. The van der Waals surface area contributed by atoms with Crippen LogP contribution in [0.1, 0.15) is 22.7 Å². The molecule has 1 aromatic heterocycles. The molecule has 9 heteroatoms. The minimum Gasteiger partial charge on any atom is -0.507 e. The normalized spacial score (nSPS) is 18.2. The molecule has 1 atom stereocenters. The van der Waals surface area contributed by atoms with Gasteiger partial charge in [-0.25, -0.2) is 4.98 Å². The Hall–Kier alpha value is -4.79. The highest BCUT2D eigenvalue weighted by Gasteiger charge is 2.48. The molecular weight excluding hydrogens is 474 g/mol. The van der Waals surface area contributed by atoms with E-state index in [2.05, 4.69) is 9.97 Å². The number of anilines is 1. The molecule has 6 rings (SSSR count). The Morgan fingerprint density at radius 1 is 1.05 bits per heavy atom. The lowest BCUT2D eigenvalue weighted by Gasteiger charge is -2.24. The molecule has 186 valence electrons. The number of aliphatic hydroxyl groups is 1. The summed E-state index contributed by atoms with van der Waals surface area (Å²) in [5.41, 5.74) is 3.21. The Kier molecular flexibility index (Phi) is 5.33. The molecule has 0 aliphatic carbocycles. The summed E-state index contributed by atoms with van der Waals surface area (Å²) in [6, 6.07) is 16.7. The summed E-state index contributed by atoms with van der Waals surface area (Å²) in [7, 11) is 3.03. The third-order valence-corrected chi connectivity index (χ3v) is 6.74. The Morgan fingerprint density at radius 2 is 1.86 bits per heavy atom. The van der Waals surface area contributed by atoms with Crippen LogP contribution in [0.2, 0.25) is 0 Å². The fourth-order valence-electron chi connectivity index (χ4n) is 4.93. The number of carbonyl (C=O) groups excluding carboxylic acids is 2. The van der Waals surface area contributed by atoms with Crippen molar-refractivity contribution in [1.82, 2.24) is 9.97 Å². The van der Waals surface area contributed by atoms with Gasteiger partial charge >= 0.3 is 5.91 Å². The minimum absolute atomic E-state index is 0.0449. The van der Waals surface area contributed by atoms with Gasteiger partial charge in [-0.15, -0.1) is 0 Å². The van der Waals surface area contributed by atoms with Crippen molar-refractivity contribution in [3.05, 3.63) is 82.9 Å². The second-order valence-corrected chi connectivity index (χ2v) is 8.78. The van der Waals surface area contributed by atoms with E-state index in [-0.39, 0.29) is 17.3 Å². The highest BCUT2D eigenvalue weighted by Crippen LogP contribution is 2.44. The highest BCUT2D eigenvalue weighted by molar-refractivity contribution is 6.51. The molecule has 4 aromatic rings. The number of aliphatic hydroxyl groups excluding tert-OH is 1. The van der Waals surface area contributed by atoms with Gasteiger partial charge in [-0.05, 0) is 53.6 Å². The van der Waals surface area contributed by atoms with Crippen LogP contribution in [0, 0.1) is 0 Å². The Labute approximate surface area is 211 Å². The van der Waals surface area contributed by atoms with Crippen LogP contribution in [0.25, 0.3) is 16.8 Å². The lowest BCUT2D eigenvalue weighted by atomic mass is 9.94. The van der Waals surface area contributed by atoms with E-state index in [1.165, 1.54) is 19.1 Å². The van der Waals surface area contributed by atoms with Crippen molar-refractivity contribution in [3.63, 3.8) is 0 Å². The van der Waals surface area contributed by atoms with E-state index in [0.717, 1.165) is 11.3 Å². The summed E-state index contributed by atoms with van der Waals surface area (Å²) in [4.78, 5) is 35.9. The van der Waals surface area contributed by atoms with Crippen LogP contribution in [-0.2, 0) is 16.0 Å². The first kappa shape index (κ1) is 22.7. The van der Waals surface area contributed by atoms with Crippen molar-refractivity contribution in [2.24, 2.45) is 0 Å². The van der Waals surface area contributed by atoms with E-state index >= 15 is 0 Å². The Balaban J connectivity index is 1.57. The number of imidazole rings is 1. The maximum atomic E-state index is 13.5. The second kappa shape index (κ2) is 8.70. The summed E-state index contributed by atoms with van der Waals surface area (Å²) >= 11 is 0. The molecule has 9 nitrogen and oxygen atoms in total. The van der Waals surface area contributed by atoms with E-state index in [0.29, 0.717) is 46.7 Å². The number of fused-ring (bicyclic) bond motifs is 2. The number of nitrogens with one attached hydrogen (secondary N) is 1. The van der Waals surface area contributed by atoms with Gasteiger partial charge in [0.15, 0.2) is 11.5 Å². The number of amides is 1. The number of aromatic amines is 1. The van der Waals surface area contributed by atoms with Crippen LogP contribution in [0.4, 0.5) is 5.95 Å². The second-order valence-electron chi connectivity index (χ2n) is 8.78. The van der Waals surface area contributed by atoms with Crippen molar-refractivity contribution in [1.29, 1.82) is 0 Å². The average molecular weight is 498 g/mol. The molecule has 3 aromatic carbocycles. The fourth-order valence-corrected chi connectivity index (χ4v) is 4.93. The fraction of sp³-hybridized carbons (Fsp3) is 0.179. The number of Topliss-reactive ketones (excluding diaryl/α,β-unsaturated/α-hetero) is 1. The molecule has 2 N–H and O–H groups in total. The first-order valence-corrected chi connectivity index (χ1v) is 11.7. The monoisotopic (exact) mass is 497 g/mol. The summed E-state index contributed by atoms with van der Waals surface area (Å²) in [6.45, 7) is 0.557. The molecule has 1 saturated heterocycles. The molecule has 1 fully saturated rings. The van der Waals surface area contributed by atoms with Gasteiger partial charge in [0.1, 0.15) is 11.5 Å². The van der Waals surface area contributed by atoms with Crippen molar-refractivity contribution in [2.75, 3.05) is 25.7 Å². The number of rotatable bonds is 5. The van der Waals surface area contributed by atoms with Crippen LogP contribution in [0.5, 0.6) is 17.2 Å². The van der Waals surface area contributed by atoms with Gasteiger partial charge in [-0.3, -0.25) is 14.5 Å². The largest absolute Gasteiger partial charge is 0.507 e. The number of hydrogen-bond acceptors (Lipinski definition) is 7. The standard InChI is InChI=1S/C28H23N3O6/c1-35-21-10-7-16(14-22(21)36-2)24-23(25(32)17-8-9-20-15(13-17)11-12-37-20)26(33)27(34)31(24)28-29-18-5-3-4-6-19(18)30-28/h3-10,13-14,24,32H,11-12H2,1-2H3,(H,29,30)/b25-23+. The molecule has 2 aliphatic rings. The Bertz CT molecular complexity index is 1570. The summed E-state index contributed by atoms with van der Waals surface area (Å²) in [6.07, 6.45) is 0.697. The SMILES string of the molecule is COc1ccc(C2/C(=C(\O)c3ccc4c(c3)CCO4)C(=O)C(=O)N2c2nc3ccccc3[nH]2)cc1OC. The number of carbonyl (C=O) groups is 2. The van der Waals surface area contributed by atoms with E-state index in [1.807, 2.05) is 24.3 Å². The van der Waals surface area contributed by atoms with E-state index in [9.17, 15) is 14.7 Å². The zero-order valence-corrected chi connectivity index (χ0v) is 20.1. The van der Waals surface area contributed by atoms with Crippen LogP contribution >= 0.6 is 0 Å². The molecule has 0 bridgehead atoms. The quantitative estimate of drug-likeness (QED) is 0.242. The predicted octanol–water partition coefficient (Wildman–Crippen LogP) is 4.14. The number of ether oxygens (including phenoxy) is 3. The van der Waals surface area contributed by atoms with Crippen molar-refractivity contribution < 1.29 is 28.9 Å². The molecule has 3 heterocycles. The highest BCUT2D eigenvalue weighted by atomic mass is 16.5. The number of ketones is 1. The number of benzene rings is 3. The van der Waals surface area contributed by atoms with Gasteiger partial charge in [0.25, 0.3) is 5.78 Å². The number of para-hydroxylation sites is 2. The number of aromatic nitrogens is 2. The zero-order chi connectivity index (χ0) is 25.7. The molecule has 2 aliphatic heterocycles. The van der Waals surface area contributed by atoms with Crippen LogP contribution in [0.3, 0.4) is 0 Å². The van der Waals surface area contributed by atoms with E-state index < -0.39 is 17.7 Å². The first-order chi connectivity index (χ1) is 18.0. The molecule has 0 spiro atoms. The van der Waals surface area contributed by atoms with Gasteiger partial charge in [0.05, 0.1) is 43.5 Å². The van der Waals surface area contributed by atoms with Crippen molar-refractivity contribution >= 4 is 34.4 Å². The molecule has 0 radical (unpaired) electrons. The van der Waals surface area contributed by atoms with Crippen LogP contribution < -0.4 is 19.1 Å². The number of methoxy groups -OCH3 is 2. The predicted molar refractivity (Wildman–Crippen MR) is 136 cm³/mol. The van der Waals surface area contributed by atoms with E-state index in [4.69, 9.17) is 14.2 Å². The topological polar surface area (TPSA) is 114 Å². The zero-order valence-electron chi connectivity index (χ0n) is 20.1. The lowest BCUT2D eigenvalue weighted by Crippen LogP contribution is -2.30. The van der Waals surface area contributed by atoms with Crippen LogP contribution in [-0.4, -0.2) is 47.6 Å².